The Kier molecular flexibility index (Phi) is 2.69. The molecule has 0 radical (unpaired) electrons. The van der Waals surface area contributed by atoms with Gasteiger partial charge in [0.2, 0.25) is 0 Å². The number of rotatable bonds is 2. The van der Waals surface area contributed by atoms with E-state index in [1.54, 1.807) is 12.3 Å². The van der Waals surface area contributed by atoms with Gasteiger partial charge in [0, 0.05) is 11.8 Å². The lowest BCUT2D eigenvalue weighted by molar-refractivity contribution is 0.319. The highest BCUT2D eigenvalue weighted by molar-refractivity contribution is 6.11. The van der Waals surface area contributed by atoms with Gasteiger partial charge in [0.1, 0.15) is 12.0 Å². The summed E-state index contributed by atoms with van der Waals surface area (Å²) in [6.45, 7) is 0. The molecular formula is C11H9N3O. The first-order chi connectivity index (χ1) is 7.42. The van der Waals surface area contributed by atoms with Gasteiger partial charge in [-0.15, -0.1) is 0 Å². The smallest absolute Gasteiger partial charge is 0.135 e. The summed E-state index contributed by atoms with van der Waals surface area (Å²) in [5, 5.41) is 12.2. The number of hydrogen-bond donors (Lipinski definition) is 1. The Morgan fingerprint density at radius 1 is 1.13 bits per heavy atom. The Hall–Kier alpha value is -2.23. The maximum Gasteiger partial charge on any atom is 0.135 e. The number of aromatic nitrogens is 2. The van der Waals surface area contributed by atoms with Crippen LogP contribution >= 0.6 is 0 Å². The second-order valence-electron chi connectivity index (χ2n) is 2.91. The predicted molar refractivity (Wildman–Crippen MR) is 55.9 cm³/mol. The summed E-state index contributed by atoms with van der Waals surface area (Å²) in [4.78, 5) is 7.83. The molecule has 0 bridgehead atoms. The van der Waals surface area contributed by atoms with Crippen LogP contribution in [0.2, 0.25) is 0 Å². The van der Waals surface area contributed by atoms with Gasteiger partial charge in [0.15, 0.2) is 0 Å². The number of oxime groups is 1. The summed E-state index contributed by atoms with van der Waals surface area (Å²) in [6, 6.07) is 11.1. The molecule has 0 unspecified atom stereocenters. The highest BCUT2D eigenvalue weighted by Crippen LogP contribution is 2.07. The fourth-order valence-electron chi connectivity index (χ4n) is 1.28. The molecule has 4 heteroatoms. The van der Waals surface area contributed by atoms with Gasteiger partial charge < -0.3 is 5.21 Å². The van der Waals surface area contributed by atoms with Crippen LogP contribution < -0.4 is 0 Å². The zero-order chi connectivity index (χ0) is 10.5. The van der Waals surface area contributed by atoms with Crippen molar-refractivity contribution < 1.29 is 5.21 Å². The summed E-state index contributed by atoms with van der Waals surface area (Å²) in [5.74, 6) is 0. The van der Waals surface area contributed by atoms with Crippen molar-refractivity contribution in [1.29, 1.82) is 0 Å². The zero-order valence-electron chi connectivity index (χ0n) is 7.91. The van der Waals surface area contributed by atoms with E-state index in [0.717, 1.165) is 5.56 Å². The SMILES string of the molecule is O/N=C(/c1ccccc1)c1ccncn1. The largest absolute Gasteiger partial charge is 0.410 e. The van der Waals surface area contributed by atoms with Gasteiger partial charge >= 0.3 is 0 Å². The average molecular weight is 199 g/mol. The summed E-state index contributed by atoms with van der Waals surface area (Å²) in [5.41, 5.74) is 1.86. The monoisotopic (exact) mass is 199 g/mol. The molecule has 1 heterocycles. The molecule has 1 N–H and O–H groups in total. The molecular weight excluding hydrogens is 190 g/mol. The van der Waals surface area contributed by atoms with E-state index in [0.29, 0.717) is 11.4 Å². The van der Waals surface area contributed by atoms with Crippen LogP contribution in [0.5, 0.6) is 0 Å². The Morgan fingerprint density at radius 3 is 2.53 bits per heavy atom. The van der Waals surface area contributed by atoms with Crippen molar-refractivity contribution in [3.05, 3.63) is 60.2 Å². The molecule has 15 heavy (non-hydrogen) atoms. The maximum absolute atomic E-state index is 8.96. The third-order valence-corrected chi connectivity index (χ3v) is 1.97. The van der Waals surface area contributed by atoms with E-state index in [1.807, 2.05) is 30.3 Å². The third kappa shape index (κ3) is 1.99. The molecule has 0 atom stereocenters. The molecule has 4 nitrogen and oxygen atoms in total. The summed E-state index contributed by atoms with van der Waals surface area (Å²) >= 11 is 0. The molecule has 0 amide bonds. The Bertz CT molecular complexity index is 412. The minimum Gasteiger partial charge on any atom is -0.410 e. The van der Waals surface area contributed by atoms with E-state index in [2.05, 4.69) is 15.1 Å². The standard InChI is InChI=1S/C11H9N3O/c15-14-11(9-4-2-1-3-5-9)10-6-7-12-8-13-10/h1-8,15H/b14-11-. The molecule has 74 valence electrons. The zero-order valence-corrected chi connectivity index (χ0v) is 7.91. The van der Waals surface area contributed by atoms with Crippen molar-refractivity contribution in [3.63, 3.8) is 0 Å². The molecule has 1 aromatic carbocycles. The van der Waals surface area contributed by atoms with E-state index in [9.17, 15) is 0 Å². The van der Waals surface area contributed by atoms with Gasteiger partial charge in [-0.2, -0.15) is 0 Å². The molecule has 2 rings (SSSR count). The Morgan fingerprint density at radius 2 is 1.93 bits per heavy atom. The fraction of sp³-hybridized carbons (Fsp3) is 0. The van der Waals surface area contributed by atoms with Crippen LogP contribution in [0, 0.1) is 0 Å². The van der Waals surface area contributed by atoms with Gasteiger partial charge in [-0.25, -0.2) is 9.97 Å². The lowest BCUT2D eigenvalue weighted by atomic mass is 10.1. The van der Waals surface area contributed by atoms with E-state index < -0.39 is 0 Å². The molecule has 1 aromatic heterocycles. The van der Waals surface area contributed by atoms with Gasteiger partial charge in [0.25, 0.3) is 0 Å². The third-order valence-electron chi connectivity index (χ3n) is 1.97. The molecule has 0 aliphatic heterocycles. The molecule has 2 aromatic rings. The molecule has 0 aliphatic rings. The van der Waals surface area contributed by atoms with E-state index >= 15 is 0 Å². The van der Waals surface area contributed by atoms with E-state index in [-0.39, 0.29) is 0 Å². The minimum absolute atomic E-state index is 0.443. The van der Waals surface area contributed by atoms with Crippen molar-refractivity contribution in [2.45, 2.75) is 0 Å². The predicted octanol–water partition coefficient (Wildman–Crippen LogP) is 1.70. The normalized spacial score (nSPS) is 11.3. The quantitative estimate of drug-likeness (QED) is 0.455. The molecule has 0 saturated heterocycles. The van der Waals surface area contributed by atoms with Crippen molar-refractivity contribution in [2.24, 2.45) is 5.16 Å². The summed E-state index contributed by atoms with van der Waals surface area (Å²) in [7, 11) is 0. The van der Waals surface area contributed by atoms with Crippen molar-refractivity contribution >= 4 is 5.71 Å². The van der Waals surface area contributed by atoms with Crippen molar-refractivity contribution in [1.82, 2.24) is 9.97 Å². The highest BCUT2D eigenvalue weighted by Gasteiger charge is 2.07. The summed E-state index contributed by atoms with van der Waals surface area (Å²) in [6.07, 6.45) is 3.03. The fourth-order valence-corrected chi connectivity index (χ4v) is 1.28. The topological polar surface area (TPSA) is 58.4 Å². The van der Waals surface area contributed by atoms with Crippen LogP contribution in [0.15, 0.2) is 54.1 Å². The van der Waals surface area contributed by atoms with E-state index in [1.165, 1.54) is 6.33 Å². The maximum atomic E-state index is 8.96. The lowest BCUT2D eigenvalue weighted by Gasteiger charge is -2.02. The first-order valence-electron chi connectivity index (χ1n) is 4.45. The lowest BCUT2D eigenvalue weighted by Crippen LogP contribution is -2.05. The second-order valence-corrected chi connectivity index (χ2v) is 2.91. The molecule has 0 saturated carbocycles. The minimum atomic E-state index is 0.443. The van der Waals surface area contributed by atoms with E-state index in [4.69, 9.17) is 5.21 Å². The molecule has 0 aliphatic carbocycles. The van der Waals surface area contributed by atoms with Crippen LogP contribution in [-0.2, 0) is 0 Å². The van der Waals surface area contributed by atoms with Gasteiger partial charge in [0.05, 0.1) is 5.69 Å². The highest BCUT2D eigenvalue weighted by atomic mass is 16.4. The van der Waals surface area contributed by atoms with Crippen LogP contribution in [0.4, 0.5) is 0 Å². The van der Waals surface area contributed by atoms with Gasteiger partial charge in [-0.1, -0.05) is 35.5 Å². The van der Waals surface area contributed by atoms with Crippen molar-refractivity contribution in [2.75, 3.05) is 0 Å². The van der Waals surface area contributed by atoms with Crippen LogP contribution in [-0.4, -0.2) is 20.9 Å². The Labute approximate surface area is 86.9 Å². The van der Waals surface area contributed by atoms with Crippen LogP contribution in [0.3, 0.4) is 0 Å². The first-order valence-corrected chi connectivity index (χ1v) is 4.45. The summed E-state index contributed by atoms with van der Waals surface area (Å²) < 4.78 is 0. The second kappa shape index (κ2) is 4.32. The van der Waals surface area contributed by atoms with Crippen molar-refractivity contribution in [3.8, 4) is 0 Å². The molecule has 0 spiro atoms. The van der Waals surface area contributed by atoms with Crippen LogP contribution in [0.1, 0.15) is 11.3 Å². The molecule has 0 fully saturated rings. The number of benzene rings is 1. The van der Waals surface area contributed by atoms with Gasteiger partial charge in [-0.05, 0) is 6.07 Å². The Balaban J connectivity index is 2.44. The first kappa shape index (κ1) is 9.33. The van der Waals surface area contributed by atoms with Crippen LogP contribution in [0.25, 0.3) is 0 Å². The van der Waals surface area contributed by atoms with Gasteiger partial charge in [-0.3, -0.25) is 0 Å². The number of nitrogens with zero attached hydrogens (tertiary/aromatic N) is 3. The average Bonchev–Trinajstić information content (AvgIpc) is 2.33. The number of hydrogen-bond acceptors (Lipinski definition) is 4.